The van der Waals surface area contributed by atoms with Gasteiger partial charge in [-0.15, -0.1) is 0 Å². The molecule has 0 fully saturated rings. The second kappa shape index (κ2) is 6.83. The normalized spacial score (nSPS) is 11.8. The fourth-order valence-corrected chi connectivity index (χ4v) is 1.95. The van der Waals surface area contributed by atoms with E-state index in [0.29, 0.717) is 12.0 Å². The van der Waals surface area contributed by atoms with Gasteiger partial charge in [-0.3, -0.25) is 19.7 Å². The molecule has 1 amide bonds. The minimum Gasteiger partial charge on any atom is -0.480 e. The summed E-state index contributed by atoms with van der Waals surface area (Å²) in [4.78, 5) is 34.8. The molecule has 0 aliphatic rings. The zero-order valence-electron chi connectivity index (χ0n) is 12.2. The van der Waals surface area contributed by atoms with Crippen molar-refractivity contribution in [3.63, 3.8) is 0 Å². The number of amides is 1. The Hall–Kier alpha value is -2.44. The first-order valence-corrected chi connectivity index (χ1v) is 6.55. The zero-order valence-corrected chi connectivity index (χ0v) is 12.2. The molecule has 1 rings (SSSR count). The molecule has 0 bridgehead atoms. The Morgan fingerprint density at radius 1 is 1.43 bits per heavy atom. The van der Waals surface area contributed by atoms with Crippen LogP contribution in [0.5, 0.6) is 0 Å². The van der Waals surface area contributed by atoms with Crippen LogP contribution in [-0.2, 0) is 4.79 Å². The van der Waals surface area contributed by atoms with Gasteiger partial charge < -0.3 is 10.0 Å². The van der Waals surface area contributed by atoms with E-state index in [-0.39, 0.29) is 17.3 Å². The second-order valence-electron chi connectivity index (χ2n) is 4.84. The Morgan fingerprint density at radius 3 is 2.48 bits per heavy atom. The van der Waals surface area contributed by atoms with Gasteiger partial charge in [0.15, 0.2) is 0 Å². The molecule has 1 N–H and O–H groups in total. The van der Waals surface area contributed by atoms with Gasteiger partial charge in [0.1, 0.15) is 6.54 Å². The quantitative estimate of drug-likeness (QED) is 0.640. The SMILES string of the molecule is CCC(C)N(CC(=O)O)C(=O)c1ccc([N+](=O)[O-])cc1C. The summed E-state index contributed by atoms with van der Waals surface area (Å²) in [6.45, 7) is 4.82. The smallest absolute Gasteiger partial charge is 0.323 e. The van der Waals surface area contributed by atoms with E-state index in [1.54, 1.807) is 13.8 Å². The number of carboxylic acids is 1. The predicted molar refractivity (Wildman–Crippen MR) is 76.3 cm³/mol. The average Bonchev–Trinajstić information content (AvgIpc) is 2.42. The van der Waals surface area contributed by atoms with Crippen molar-refractivity contribution in [2.24, 2.45) is 0 Å². The van der Waals surface area contributed by atoms with Gasteiger partial charge in [-0.2, -0.15) is 0 Å². The lowest BCUT2D eigenvalue weighted by Gasteiger charge is -2.27. The van der Waals surface area contributed by atoms with E-state index in [0.717, 1.165) is 0 Å². The molecule has 1 atom stereocenters. The number of benzene rings is 1. The average molecular weight is 294 g/mol. The van der Waals surface area contributed by atoms with Gasteiger partial charge in [-0.1, -0.05) is 6.92 Å². The van der Waals surface area contributed by atoms with Crippen molar-refractivity contribution in [2.45, 2.75) is 33.2 Å². The molecule has 0 heterocycles. The number of rotatable bonds is 6. The van der Waals surface area contributed by atoms with Crippen LogP contribution in [-0.4, -0.2) is 39.4 Å². The van der Waals surface area contributed by atoms with Gasteiger partial charge in [0.05, 0.1) is 4.92 Å². The van der Waals surface area contributed by atoms with Crippen molar-refractivity contribution < 1.29 is 19.6 Å². The van der Waals surface area contributed by atoms with Gasteiger partial charge >= 0.3 is 5.97 Å². The molecule has 21 heavy (non-hydrogen) atoms. The monoisotopic (exact) mass is 294 g/mol. The summed E-state index contributed by atoms with van der Waals surface area (Å²) in [5.74, 6) is -1.53. The summed E-state index contributed by atoms with van der Waals surface area (Å²) >= 11 is 0. The molecule has 0 aliphatic heterocycles. The molecular formula is C14H18N2O5. The van der Waals surface area contributed by atoms with Crippen LogP contribution in [0.1, 0.15) is 36.2 Å². The number of carbonyl (C=O) groups is 2. The van der Waals surface area contributed by atoms with Crippen molar-refractivity contribution in [3.05, 3.63) is 39.4 Å². The van der Waals surface area contributed by atoms with Gasteiger partial charge in [0, 0.05) is 23.7 Å². The number of carbonyl (C=O) groups excluding carboxylic acids is 1. The molecule has 1 aromatic carbocycles. The number of non-ortho nitro benzene ring substituents is 1. The second-order valence-corrected chi connectivity index (χ2v) is 4.84. The molecular weight excluding hydrogens is 276 g/mol. The molecule has 0 saturated heterocycles. The topological polar surface area (TPSA) is 101 Å². The number of aryl methyl sites for hydroxylation is 1. The van der Waals surface area contributed by atoms with Crippen molar-refractivity contribution in [3.8, 4) is 0 Å². The van der Waals surface area contributed by atoms with E-state index in [1.165, 1.54) is 23.1 Å². The summed E-state index contributed by atoms with van der Waals surface area (Å²) in [5, 5.41) is 19.6. The van der Waals surface area contributed by atoms with Crippen LogP contribution in [0.4, 0.5) is 5.69 Å². The maximum absolute atomic E-state index is 12.5. The lowest BCUT2D eigenvalue weighted by atomic mass is 10.1. The number of hydrogen-bond acceptors (Lipinski definition) is 4. The van der Waals surface area contributed by atoms with Crippen LogP contribution in [0, 0.1) is 17.0 Å². The van der Waals surface area contributed by atoms with Crippen LogP contribution in [0.3, 0.4) is 0 Å². The molecule has 0 radical (unpaired) electrons. The van der Waals surface area contributed by atoms with Crippen LogP contribution in [0.15, 0.2) is 18.2 Å². The third kappa shape index (κ3) is 4.01. The number of nitro benzene ring substituents is 1. The zero-order chi connectivity index (χ0) is 16.2. The summed E-state index contributed by atoms with van der Waals surface area (Å²) in [5.41, 5.74) is 0.632. The third-order valence-electron chi connectivity index (χ3n) is 3.34. The minimum atomic E-state index is -1.09. The molecule has 0 saturated carbocycles. The molecule has 7 nitrogen and oxygen atoms in total. The number of aliphatic carboxylic acids is 1. The standard InChI is InChI=1S/C14H18N2O5/c1-4-10(3)15(8-13(17)18)14(19)12-6-5-11(16(20)21)7-9(12)2/h5-7,10H,4,8H2,1-3H3,(H,17,18). The molecule has 1 unspecified atom stereocenters. The van der Waals surface area contributed by atoms with Gasteiger partial charge in [0.2, 0.25) is 0 Å². The molecule has 7 heteroatoms. The highest BCUT2D eigenvalue weighted by atomic mass is 16.6. The van der Waals surface area contributed by atoms with Gasteiger partial charge in [-0.25, -0.2) is 0 Å². The van der Waals surface area contributed by atoms with E-state index >= 15 is 0 Å². The highest BCUT2D eigenvalue weighted by molar-refractivity contribution is 5.97. The number of nitrogens with zero attached hydrogens (tertiary/aromatic N) is 2. The van der Waals surface area contributed by atoms with Crippen molar-refractivity contribution >= 4 is 17.6 Å². The fraction of sp³-hybridized carbons (Fsp3) is 0.429. The highest BCUT2D eigenvalue weighted by Crippen LogP contribution is 2.20. The van der Waals surface area contributed by atoms with Crippen molar-refractivity contribution in [1.29, 1.82) is 0 Å². The summed E-state index contributed by atoms with van der Waals surface area (Å²) in [7, 11) is 0. The van der Waals surface area contributed by atoms with E-state index in [1.807, 2.05) is 6.92 Å². The highest BCUT2D eigenvalue weighted by Gasteiger charge is 2.24. The van der Waals surface area contributed by atoms with Crippen LogP contribution in [0.2, 0.25) is 0 Å². The van der Waals surface area contributed by atoms with Crippen LogP contribution < -0.4 is 0 Å². The first-order valence-electron chi connectivity index (χ1n) is 6.55. The Morgan fingerprint density at radius 2 is 2.05 bits per heavy atom. The molecule has 0 spiro atoms. The first kappa shape index (κ1) is 16.6. The maximum Gasteiger partial charge on any atom is 0.323 e. The largest absolute Gasteiger partial charge is 0.480 e. The third-order valence-corrected chi connectivity index (χ3v) is 3.34. The van der Waals surface area contributed by atoms with E-state index in [4.69, 9.17) is 5.11 Å². The Labute approximate surface area is 122 Å². The van der Waals surface area contributed by atoms with Gasteiger partial charge in [0.25, 0.3) is 11.6 Å². The molecule has 0 aliphatic carbocycles. The van der Waals surface area contributed by atoms with E-state index in [2.05, 4.69) is 0 Å². The van der Waals surface area contributed by atoms with E-state index in [9.17, 15) is 19.7 Å². The number of hydrogen-bond donors (Lipinski definition) is 1. The summed E-state index contributed by atoms with van der Waals surface area (Å²) in [6.07, 6.45) is 0.616. The molecule has 114 valence electrons. The fourth-order valence-electron chi connectivity index (χ4n) is 1.95. The van der Waals surface area contributed by atoms with Crippen LogP contribution in [0.25, 0.3) is 0 Å². The Kier molecular flexibility index (Phi) is 5.40. The van der Waals surface area contributed by atoms with Crippen molar-refractivity contribution in [2.75, 3.05) is 6.54 Å². The summed E-state index contributed by atoms with van der Waals surface area (Å²) < 4.78 is 0. The lowest BCUT2D eigenvalue weighted by Crippen LogP contribution is -2.42. The maximum atomic E-state index is 12.5. The summed E-state index contributed by atoms with van der Waals surface area (Å²) in [6, 6.07) is 3.69. The number of nitro groups is 1. The van der Waals surface area contributed by atoms with Crippen molar-refractivity contribution in [1.82, 2.24) is 4.90 Å². The Bertz CT molecular complexity index is 570. The predicted octanol–water partition coefficient (Wildman–Crippen LogP) is 2.23. The minimum absolute atomic E-state index is 0.0997. The molecule has 1 aromatic rings. The number of carboxylic acid groups (broad SMARTS) is 1. The lowest BCUT2D eigenvalue weighted by molar-refractivity contribution is -0.384. The first-order chi connectivity index (χ1) is 9.77. The molecule has 0 aromatic heterocycles. The van der Waals surface area contributed by atoms with E-state index < -0.39 is 23.3 Å². The Balaban J connectivity index is 3.14. The van der Waals surface area contributed by atoms with Crippen LogP contribution >= 0.6 is 0 Å². The van der Waals surface area contributed by atoms with Gasteiger partial charge in [-0.05, 0) is 31.9 Å².